The lowest BCUT2D eigenvalue weighted by atomic mass is 10.0. The fourth-order valence-corrected chi connectivity index (χ4v) is 3.02. The molecule has 0 fully saturated rings. The Bertz CT molecular complexity index is 725. The van der Waals surface area contributed by atoms with Gasteiger partial charge in [0.15, 0.2) is 0 Å². The van der Waals surface area contributed by atoms with Crippen molar-refractivity contribution in [2.75, 3.05) is 13.6 Å². The monoisotopic (exact) mass is 289 g/mol. The van der Waals surface area contributed by atoms with Crippen LogP contribution in [-0.2, 0) is 6.54 Å². The summed E-state index contributed by atoms with van der Waals surface area (Å²) in [6, 6.07) is 15.1. The van der Waals surface area contributed by atoms with Crippen LogP contribution in [0.4, 0.5) is 0 Å². The second-order valence-electron chi connectivity index (χ2n) is 6.09. The Morgan fingerprint density at radius 2 is 1.91 bits per heavy atom. The molecule has 0 saturated heterocycles. The van der Waals surface area contributed by atoms with Crippen molar-refractivity contribution in [1.29, 1.82) is 0 Å². The van der Waals surface area contributed by atoms with E-state index in [1.807, 2.05) is 0 Å². The molecule has 2 aromatic carbocycles. The number of fused-ring (bicyclic) bond motifs is 1. The molecule has 1 nitrogen and oxygen atoms in total. The molecule has 0 heterocycles. The van der Waals surface area contributed by atoms with Crippen LogP contribution in [0.3, 0.4) is 0 Å². The zero-order chi connectivity index (χ0) is 15.2. The van der Waals surface area contributed by atoms with Crippen molar-refractivity contribution in [2.45, 2.75) is 32.2 Å². The molecule has 2 aromatic rings. The highest BCUT2D eigenvalue weighted by Crippen LogP contribution is 2.19. The van der Waals surface area contributed by atoms with Crippen LogP contribution in [0.2, 0.25) is 0 Å². The largest absolute Gasteiger partial charge is 0.291 e. The quantitative estimate of drug-likeness (QED) is 0.735. The maximum atomic E-state index is 3.34. The maximum Gasteiger partial charge on any atom is 0.0605 e. The summed E-state index contributed by atoms with van der Waals surface area (Å²) in [4.78, 5) is 2.29. The Hall–Kier alpha value is -2.04. The van der Waals surface area contributed by atoms with Crippen molar-refractivity contribution in [3.05, 3.63) is 59.7 Å². The van der Waals surface area contributed by atoms with Gasteiger partial charge in [-0.2, -0.15) is 0 Å². The molecule has 22 heavy (non-hydrogen) atoms. The second kappa shape index (κ2) is 7.29. The van der Waals surface area contributed by atoms with Gasteiger partial charge in [-0.05, 0) is 54.6 Å². The zero-order valence-corrected chi connectivity index (χ0v) is 13.3. The zero-order valence-electron chi connectivity index (χ0n) is 13.3. The molecule has 0 aromatic heterocycles. The number of nitrogens with zero attached hydrogens (tertiary/aromatic N) is 1. The fourth-order valence-electron chi connectivity index (χ4n) is 3.02. The van der Waals surface area contributed by atoms with Gasteiger partial charge < -0.3 is 0 Å². The smallest absolute Gasteiger partial charge is 0.0605 e. The highest BCUT2D eigenvalue weighted by atomic mass is 15.1. The molecule has 0 atom stereocenters. The molecule has 0 N–H and O–H groups in total. The van der Waals surface area contributed by atoms with Gasteiger partial charge in [-0.1, -0.05) is 60.4 Å². The minimum absolute atomic E-state index is 0.820. The van der Waals surface area contributed by atoms with Gasteiger partial charge in [0.2, 0.25) is 0 Å². The van der Waals surface area contributed by atoms with Gasteiger partial charge in [0, 0.05) is 6.54 Å². The van der Waals surface area contributed by atoms with E-state index in [9.17, 15) is 0 Å². The summed E-state index contributed by atoms with van der Waals surface area (Å²) in [7, 11) is 2.14. The van der Waals surface area contributed by atoms with Crippen molar-refractivity contribution < 1.29 is 0 Å². The number of hydrogen-bond acceptors (Lipinski definition) is 1. The van der Waals surface area contributed by atoms with Gasteiger partial charge in [-0.15, -0.1) is 0 Å². The minimum Gasteiger partial charge on any atom is -0.291 e. The average Bonchev–Trinajstić information content (AvgIpc) is 2.56. The van der Waals surface area contributed by atoms with Crippen molar-refractivity contribution in [3.63, 3.8) is 0 Å². The van der Waals surface area contributed by atoms with E-state index < -0.39 is 0 Å². The first-order valence-electron chi connectivity index (χ1n) is 8.16. The van der Waals surface area contributed by atoms with Crippen molar-refractivity contribution in [3.8, 4) is 11.8 Å². The molecule has 0 radical (unpaired) electrons. The Balaban J connectivity index is 1.65. The normalized spacial score (nSPS) is 14.5. The third kappa shape index (κ3) is 3.78. The Morgan fingerprint density at radius 3 is 2.77 bits per heavy atom. The summed E-state index contributed by atoms with van der Waals surface area (Å²) in [6.45, 7) is 1.76. The summed E-state index contributed by atoms with van der Waals surface area (Å²) in [5.74, 6) is 6.68. The molecule has 1 heteroatoms. The molecule has 0 aliphatic heterocycles. The maximum absolute atomic E-state index is 3.34. The van der Waals surface area contributed by atoms with Crippen LogP contribution in [0.5, 0.6) is 0 Å². The number of hydrogen-bond donors (Lipinski definition) is 0. The standard InChI is InChI=1S/C21H23N/c1-22(16-8-11-18-9-3-2-4-10-18)17-20-14-7-13-19-12-5-6-15-21(19)20/h5-7,9,12-15H,2-4,10,16-17H2,1H3. The van der Waals surface area contributed by atoms with Crippen molar-refractivity contribution in [2.24, 2.45) is 0 Å². The van der Waals surface area contributed by atoms with Crippen LogP contribution < -0.4 is 0 Å². The first-order chi connectivity index (χ1) is 10.8. The predicted octanol–water partition coefficient (Wildman–Crippen LogP) is 4.78. The van der Waals surface area contributed by atoms with Crippen molar-refractivity contribution >= 4 is 10.8 Å². The fraction of sp³-hybridized carbons (Fsp3) is 0.333. The van der Waals surface area contributed by atoms with Gasteiger partial charge in [0.25, 0.3) is 0 Å². The van der Waals surface area contributed by atoms with Gasteiger partial charge in [-0.25, -0.2) is 0 Å². The van der Waals surface area contributed by atoms with Crippen molar-refractivity contribution in [1.82, 2.24) is 4.90 Å². The molecule has 112 valence electrons. The second-order valence-corrected chi connectivity index (χ2v) is 6.09. The summed E-state index contributed by atoms with van der Waals surface area (Å²) in [6.07, 6.45) is 7.30. The summed E-state index contributed by atoms with van der Waals surface area (Å²) in [5, 5.41) is 2.66. The van der Waals surface area contributed by atoms with E-state index >= 15 is 0 Å². The molecule has 0 saturated carbocycles. The van der Waals surface area contributed by atoms with E-state index in [4.69, 9.17) is 0 Å². The predicted molar refractivity (Wildman–Crippen MR) is 94.6 cm³/mol. The molecule has 0 amide bonds. The SMILES string of the molecule is CN(CC#CC1=CCCCC1)Cc1cccc2ccccc12. The Morgan fingerprint density at radius 1 is 1.05 bits per heavy atom. The summed E-state index contributed by atoms with van der Waals surface area (Å²) in [5.41, 5.74) is 2.71. The lowest BCUT2D eigenvalue weighted by molar-refractivity contribution is 0.370. The molecule has 3 rings (SSSR count). The molecule has 1 aliphatic rings. The van der Waals surface area contributed by atoms with Gasteiger partial charge in [-0.3, -0.25) is 4.90 Å². The molecule has 0 bridgehead atoms. The van der Waals surface area contributed by atoms with E-state index in [1.54, 1.807) is 0 Å². The van der Waals surface area contributed by atoms with Crippen LogP contribution >= 0.6 is 0 Å². The van der Waals surface area contributed by atoms with E-state index in [0.29, 0.717) is 0 Å². The third-order valence-corrected chi connectivity index (χ3v) is 4.21. The first kappa shape index (κ1) is 14.9. The first-order valence-corrected chi connectivity index (χ1v) is 8.16. The van der Waals surface area contributed by atoms with Crippen LogP contribution in [0, 0.1) is 11.8 Å². The van der Waals surface area contributed by atoms with E-state index in [2.05, 4.69) is 72.3 Å². The Labute approximate surface area is 133 Å². The van der Waals surface area contributed by atoms with Crippen LogP contribution in [0.1, 0.15) is 31.2 Å². The average molecular weight is 289 g/mol. The highest BCUT2D eigenvalue weighted by molar-refractivity contribution is 5.85. The number of rotatable bonds is 3. The van der Waals surface area contributed by atoms with Crippen LogP contribution in [0.25, 0.3) is 10.8 Å². The highest BCUT2D eigenvalue weighted by Gasteiger charge is 2.03. The summed E-state index contributed by atoms with van der Waals surface area (Å²) < 4.78 is 0. The molecule has 0 unspecified atom stereocenters. The van der Waals surface area contributed by atoms with E-state index in [1.165, 1.54) is 47.6 Å². The molecular weight excluding hydrogens is 266 g/mol. The third-order valence-electron chi connectivity index (χ3n) is 4.21. The summed E-state index contributed by atoms with van der Waals surface area (Å²) >= 11 is 0. The topological polar surface area (TPSA) is 3.24 Å². The van der Waals surface area contributed by atoms with Crippen LogP contribution in [0.15, 0.2) is 54.1 Å². The van der Waals surface area contributed by atoms with Gasteiger partial charge in [0.05, 0.1) is 6.54 Å². The van der Waals surface area contributed by atoms with Crippen LogP contribution in [-0.4, -0.2) is 18.5 Å². The number of benzene rings is 2. The van der Waals surface area contributed by atoms with E-state index in [0.717, 1.165) is 13.1 Å². The van der Waals surface area contributed by atoms with E-state index in [-0.39, 0.29) is 0 Å². The molecule has 1 aliphatic carbocycles. The van der Waals surface area contributed by atoms with Gasteiger partial charge >= 0.3 is 0 Å². The Kier molecular flexibility index (Phi) is 4.93. The number of allylic oxidation sites excluding steroid dienone is 2. The lowest BCUT2D eigenvalue weighted by Crippen LogP contribution is -2.18. The molecule has 0 spiro atoms. The minimum atomic E-state index is 0.820. The van der Waals surface area contributed by atoms with Gasteiger partial charge in [0.1, 0.15) is 0 Å². The lowest BCUT2D eigenvalue weighted by Gasteiger charge is -2.15. The molecular formula is C21H23N.